The second-order valence-electron chi connectivity index (χ2n) is 5.84. The second kappa shape index (κ2) is 4.88. The molecule has 0 saturated carbocycles. The standard InChI is InChI=1S/C17H22O3/c1-3-10-17(15(18)19-4-2)16(20-17)11-9-13-7-5-6-8-14(13)12-16/h5-8H,3-4,9-12H2,1-2H3. The smallest absolute Gasteiger partial charge is 0.341 e. The zero-order valence-electron chi connectivity index (χ0n) is 12.3. The van der Waals surface area contributed by atoms with Gasteiger partial charge in [0.1, 0.15) is 5.60 Å². The third-order valence-corrected chi connectivity index (χ3v) is 4.66. The van der Waals surface area contributed by atoms with E-state index in [2.05, 4.69) is 31.2 Å². The molecule has 3 heteroatoms. The molecule has 20 heavy (non-hydrogen) atoms. The Bertz CT molecular complexity index is 525. The molecule has 0 N–H and O–H groups in total. The summed E-state index contributed by atoms with van der Waals surface area (Å²) >= 11 is 0. The number of hydrogen-bond donors (Lipinski definition) is 0. The minimum atomic E-state index is -0.689. The van der Waals surface area contributed by atoms with Gasteiger partial charge in [-0.15, -0.1) is 0 Å². The fourth-order valence-corrected chi connectivity index (χ4v) is 3.65. The SMILES string of the molecule is CCCC1(C(=O)OCC)OC12CCc1ccccc1C2. The molecule has 1 aliphatic carbocycles. The molecule has 1 aliphatic heterocycles. The summed E-state index contributed by atoms with van der Waals surface area (Å²) < 4.78 is 11.3. The summed E-state index contributed by atoms with van der Waals surface area (Å²) in [7, 11) is 0. The van der Waals surface area contributed by atoms with Crippen LogP contribution in [-0.4, -0.2) is 23.8 Å². The van der Waals surface area contributed by atoms with E-state index in [0.29, 0.717) is 6.61 Å². The van der Waals surface area contributed by atoms with Crippen LogP contribution in [0.4, 0.5) is 0 Å². The lowest BCUT2D eigenvalue weighted by Gasteiger charge is -2.25. The largest absolute Gasteiger partial charge is 0.464 e. The van der Waals surface area contributed by atoms with Crippen molar-refractivity contribution in [1.82, 2.24) is 0 Å². The Morgan fingerprint density at radius 1 is 1.30 bits per heavy atom. The van der Waals surface area contributed by atoms with Gasteiger partial charge in [-0.3, -0.25) is 0 Å². The minimum Gasteiger partial charge on any atom is -0.464 e. The maximum Gasteiger partial charge on any atom is 0.341 e. The van der Waals surface area contributed by atoms with Crippen LogP contribution in [0.1, 0.15) is 44.2 Å². The monoisotopic (exact) mass is 274 g/mol. The first-order valence-electron chi connectivity index (χ1n) is 7.61. The van der Waals surface area contributed by atoms with E-state index in [0.717, 1.165) is 32.1 Å². The lowest BCUT2D eigenvalue weighted by Crippen LogP contribution is -2.39. The molecule has 1 heterocycles. The number of carbonyl (C=O) groups is 1. The molecular weight excluding hydrogens is 252 g/mol. The zero-order valence-corrected chi connectivity index (χ0v) is 12.3. The number of rotatable bonds is 4. The third kappa shape index (κ3) is 1.87. The Morgan fingerprint density at radius 3 is 2.75 bits per heavy atom. The molecule has 2 atom stereocenters. The van der Waals surface area contributed by atoms with Crippen molar-refractivity contribution < 1.29 is 14.3 Å². The number of fused-ring (bicyclic) bond motifs is 1. The van der Waals surface area contributed by atoms with Gasteiger partial charge in [0.2, 0.25) is 0 Å². The maximum absolute atomic E-state index is 12.4. The summed E-state index contributed by atoms with van der Waals surface area (Å²) in [4.78, 5) is 12.4. The summed E-state index contributed by atoms with van der Waals surface area (Å²) in [6, 6.07) is 8.47. The Hall–Kier alpha value is -1.35. The summed E-state index contributed by atoms with van der Waals surface area (Å²) in [5, 5.41) is 0. The van der Waals surface area contributed by atoms with Crippen molar-refractivity contribution >= 4 is 5.97 Å². The molecule has 1 aromatic rings. The van der Waals surface area contributed by atoms with E-state index in [9.17, 15) is 4.79 Å². The molecule has 2 unspecified atom stereocenters. The van der Waals surface area contributed by atoms with Crippen molar-refractivity contribution in [2.45, 2.75) is 57.2 Å². The Balaban J connectivity index is 1.86. The fourth-order valence-electron chi connectivity index (χ4n) is 3.65. The van der Waals surface area contributed by atoms with E-state index >= 15 is 0 Å². The number of carbonyl (C=O) groups excluding carboxylic acids is 1. The van der Waals surface area contributed by atoms with Crippen molar-refractivity contribution in [3.63, 3.8) is 0 Å². The highest BCUT2D eigenvalue weighted by Gasteiger charge is 2.74. The minimum absolute atomic E-state index is 0.166. The molecule has 1 saturated heterocycles. The number of esters is 1. The van der Waals surface area contributed by atoms with Crippen molar-refractivity contribution in [3.05, 3.63) is 35.4 Å². The average molecular weight is 274 g/mol. The molecule has 0 bridgehead atoms. The molecule has 3 rings (SSSR count). The van der Waals surface area contributed by atoms with Crippen LogP contribution in [0.2, 0.25) is 0 Å². The van der Waals surface area contributed by atoms with E-state index < -0.39 is 5.60 Å². The van der Waals surface area contributed by atoms with E-state index in [1.165, 1.54) is 11.1 Å². The van der Waals surface area contributed by atoms with Crippen LogP contribution in [0, 0.1) is 0 Å². The highest BCUT2D eigenvalue weighted by molar-refractivity contribution is 5.85. The van der Waals surface area contributed by atoms with Gasteiger partial charge in [0, 0.05) is 6.42 Å². The van der Waals surface area contributed by atoms with Crippen LogP contribution in [0.5, 0.6) is 0 Å². The van der Waals surface area contributed by atoms with Gasteiger partial charge in [0.15, 0.2) is 5.60 Å². The second-order valence-corrected chi connectivity index (χ2v) is 5.84. The highest BCUT2D eigenvalue weighted by atomic mass is 16.7. The van der Waals surface area contributed by atoms with Crippen molar-refractivity contribution in [3.8, 4) is 0 Å². The van der Waals surface area contributed by atoms with Gasteiger partial charge in [0.05, 0.1) is 6.61 Å². The number of aryl methyl sites for hydroxylation is 1. The summed E-state index contributed by atoms with van der Waals surface area (Å²) in [5.74, 6) is -0.166. The topological polar surface area (TPSA) is 38.8 Å². The van der Waals surface area contributed by atoms with Crippen molar-refractivity contribution in [2.75, 3.05) is 6.61 Å². The average Bonchev–Trinajstić information content (AvgIpc) is 3.07. The Labute approximate surface area is 120 Å². The van der Waals surface area contributed by atoms with Gasteiger partial charge in [-0.05, 0) is 37.3 Å². The predicted octanol–water partition coefficient (Wildman–Crippen LogP) is 3.05. The third-order valence-electron chi connectivity index (χ3n) is 4.66. The van der Waals surface area contributed by atoms with Gasteiger partial charge < -0.3 is 9.47 Å². The van der Waals surface area contributed by atoms with E-state index in [1.807, 2.05) is 6.92 Å². The highest BCUT2D eigenvalue weighted by Crippen LogP contribution is 2.58. The van der Waals surface area contributed by atoms with Crippen LogP contribution in [-0.2, 0) is 27.1 Å². The first-order valence-corrected chi connectivity index (χ1v) is 7.61. The summed E-state index contributed by atoms with van der Waals surface area (Å²) in [6.07, 6.45) is 4.43. The van der Waals surface area contributed by atoms with Crippen molar-refractivity contribution in [1.29, 1.82) is 0 Å². The lowest BCUT2D eigenvalue weighted by molar-refractivity contribution is -0.149. The van der Waals surface area contributed by atoms with E-state index in [1.54, 1.807) is 0 Å². The molecule has 108 valence electrons. The number of epoxide rings is 1. The van der Waals surface area contributed by atoms with Crippen LogP contribution in [0.25, 0.3) is 0 Å². The van der Waals surface area contributed by atoms with Crippen molar-refractivity contribution in [2.24, 2.45) is 0 Å². The first-order chi connectivity index (χ1) is 9.67. The molecule has 0 radical (unpaired) electrons. The lowest BCUT2D eigenvalue weighted by atomic mass is 9.75. The van der Waals surface area contributed by atoms with E-state index in [-0.39, 0.29) is 11.6 Å². The molecule has 1 fully saturated rings. The molecule has 0 aromatic heterocycles. The quantitative estimate of drug-likeness (QED) is 0.625. The molecular formula is C17H22O3. The molecule has 2 aliphatic rings. The number of benzene rings is 1. The van der Waals surface area contributed by atoms with Gasteiger partial charge in [0.25, 0.3) is 0 Å². The molecule has 1 spiro atoms. The number of ether oxygens (including phenoxy) is 2. The van der Waals surface area contributed by atoms with Crippen LogP contribution in [0.15, 0.2) is 24.3 Å². The first kappa shape index (κ1) is 13.6. The normalized spacial score (nSPS) is 30.9. The zero-order chi connectivity index (χ0) is 14.2. The summed E-state index contributed by atoms with van der Waals surface area (Å²) in [5.41, 5.74) is 1.71. The van der Waals surface area contributed by atoms with Crippen LogP contribution in [0.3, 0.4) is 0 Å². The number of hydrogen-bond acceptors (Lipinski definition) is 3. The van der Waals surface area contributed by atoms with Gasteiger partial charge >= 0.3 is 5.97 Å². The van der Waals surface area contributed by atoms with Crippen LogP contribution < -0.4 is 0 Å². The molecule has 0 amide bonds. The van der Waals surface area contributed by atoms with Gasteiger partial charge in [-0.2, -0.15) is 0 Å². The van der Waals surface area contributed by atoms with Gasteiger partial charge in [-0.25, -0.2) is 4.79 Å². The molecule has 1 aromatic carbocycles. The van der Waals surface area contributed by atoms with Gasteiger partial charge in [-0.1, -0.05) is 37.6 Å². The molecule has 3 nitrogen and oxygen atoms in total. The predicted molar refractivity (Wildman–Crippen MR) is 76.6 cm³/mol. The van der Waals surface area contributed by atoms with E-state index in [4.69, 9.17) is 9.47 Å². The fraction of sp³-hybridized carbons (Fsp3) is 0.588. The van der Waals surface area contributed by atoms with Crippen LogP contribution >= 0.6 is 0 Å². The summed E-state index contributed by atoms with van der Waals surface area (Å²) in [6.45, 7) is 4.36. The Kier molecular flexibility index (Phi) is 3.33. The maximum atomic E-state index is 12.4. The Morgan fingerprint density at radius 2 is 2.05 bits per heavy atom.